The fourth-order valence-corrected chi connectivity index (χ4v) is 2.08. The lowest BCUT2D eigenvalue weighted by Gasteiger charge is -2.33. The number of aromatic nitrogens is 1. The predicted octanol–water partition coefficient (Wildman–Crippen LogP) is 1.24. The average Bonchev–Trinajstić information content (AvgIpc) is 2.39. The lowest BCUT2D eigenvalue weighted by atomic mass is 10.1. The van der Waals surface area contributed by atoms with E-state index in [0.29, 0.717) is 0 Å². The monoisotopic (exact) mass is 234 g/mol. The molecule has 4 nitrogen and oxygen atoms in total. The van der Waals surface area contributed by atoms with E-state index in [-0.39, 0.29) is 6.04 Å². The molecule has 0 saturated carbocycles. The van der Waals surface area contributed by atoms with Crippen molar-refractivity contribution in [3.05, 3.63) is 23.9 Å². The van der Waals surface area contributed by atoms with E-state index < -0.39 is 0 Å². The van der Waals surface area contributed by atoms with E-state index >= 15 is 0 Å². The van der Waals surface area contributed by atoms with Crippen LogP contribution in [0.4, 0.5) is 5.82 Å². The minimum absolute atomic E-state index is 0.115. The zero-order chi connectivity index (χ0) is 12.3. The van der Waals surface area contributed by atoms with Crippen LogP contribution in [0, 0.1) is 0 Å². The molecule has 0 unspecified atom stereocenters. The fourth-order valence-electron chi connectivity index (χ4n) is 2.08. The Hall–Kier alpha value is -1.13. The van der Waals surface area contributed by atoms with E-state index in [0.717, 1.165) is 44.0 Å². The van der Waals surface area contributed by atoms with Crippen LogP contribution in [0.1, 0.15) is 24.9 Å². The maximum Gasteiger partial charge on any atom is 0.128 e. The molecule has 94 valence electrons. The van der Waals surface area contributed by atoms with Gasteiger partial charge >= 0.3 is 0 Å². The molecule has 0 radical (unpaired) electrons. The molecule has 0 aromatic carbocycles. The van der Waals surface area contributed by atoms with Crippen LogP contribution in [0.5, 0.6) is 0 Å². The molecule has 1 aliphatic rings. The van der Waals surface area contributed by atoms with E-state index in [1.165, 1.54) is 0 Å². The molecule has 4 heteroatoms. The number of likely N-dealkylation sites (N-methyl/N-ethyl adjacent to an activating group) is 1. The second kappa shape index (κ2) is 5.47. The second-order valence-electron chi connectivity index (χ2n) is 4.75. The number of hydrogen-bond donors (Lipinski definition) is 1. The van der Waals surface area contributed by atoms with Gasteiger partial charge in [-0.15, -0.1) is 0 Å². The van der Waals surface area contributed by atoms with Gasteiger partial charge in [-0.3, -0.25) is 0 Å². The summed E-state index contributed by atoms with van der Waals surface area (Å²) in [5, 5.41) is 0. The highest BCUT2D eigenvalue weighted by Crippen LogP contribution is 2.17. The van der Waals surface area contributed by atoms with Crippen molar-refractivity contribution in [2.24, 2.45) is 5.73 Å². The van der Waals surface area contributed by atoms with E-state index in [4.69, 9.17) is 5.73 Å². The van der Waals surface area contributed by atoms with Gasteiger partial charge < -0.3 is 15.5 Å². The van der Waals surface area contributed by atoms with Crippen LogP contribution in [0.25, 0.3) is 0 Å². The Morgan fingerprint density at radius 3 is 2.53 bits per heavy atom. The molecule has 1 aromatic rings. The molecule has 0 spiro atoms. The number of anilines is 1. The number of piperazine rings is 1. The van der Waals surface area contributed by atoms with Crippen LogP contribution in [-0.4, -0.2) is 43.1 Å². The third-order valence-electron chi connectivity index (χ3n) is 3.47. The highest BCUT2D eigenvalue weighted by atomic mass is 15.3. The third-order valence-corrected chi connectivity index (χ3v) is 3.47. The molecule has 17 heavy (non-hydrogen) atoms. The van der Waals surface area contributed by atoms with Crippen molar-refractivity contribution in [1.29, 1.82) is 0 Å². The van der Waals surface area contributed by atoms with Crippen molar-refractivity contribution in [1.82, 2.24) is 9.88 Å². The van der Waals surface area contributed by atoms with Crippen LogP contribution in [-0.2, 0) is 0 Å². The standard InChI is InChI=1S/C13H22N4/c1-3-12(14)11-4-5-13(15-10-11)17-8-6-16(2)7-9-17/h4-5,10,12H,3,6-9,14H2,1-2H3/t12-/m0/s1. The lowest BCUT2D eigenvalue weighted by Crippen LogP contribution is -2.44. The van der Waals surface area contributed by atoms with Crippen molar-refractivity contribution in [3.63, 3.8) is 0 Å². The first-order valence-corrected chi connectivity index (χ1v) is 6.35. The van der Waals surface area contributed by atoms with Gasteiger partial charge in [-0.1, -0.05) is 13.0 Å². The number of nitrogens with two attached hydrogens (primary N) is 1. The normalized spacial score (nSPS) is 19.4. The van der Waals surface area contributed by atoms with Crippen molar-refractivity contribution < 1.29 is 0 Å². The molecule has 0 aliphatic carbocycles. The number of rotatable bonds is 3. The highest BCUT2D eigenvalue weighted by Gasteiger charge is 2.15. The zero-order valence-electron chi connectivity index (χ0n) is 10.8. The fraction of sp³-hybridized carbons (Fsp3) is 0.615. The van der Waals surface area contributed by atoms with Gasteiger partial charge in [0.25, 0.3) is 0 Å². The third kappa shape index (κ3) is 2.96. The Morgan fingerprint density at radius 2 is 2.00 bits per heavy atom. The number of pyridine rings is 1. The lowest BCUT2D eigenvalue weighted by molar-refractivity contribution is 0.312. The van der Waals surface area contributed by atoms with Gasteiger partial charge in [-0.25, -0.2) is 4.98 Å². The molecule has 1 atom stereocenters. The second-order valence-corrected chi connectivity index (χ2v) is 4.75. The zero-order valence-corrected chi connectivity index (χ0v) is 10.8. The summed E-state index contributed by atoms with van der Waals surface area (Å²) >= 11 is 0. The summed E-state index contributed by atoms with van der Waals surface area (Å²) < 4.78 is 0. The predicted molar refractivity (Wildman–Crippen MR) is 71.2 cm³/mol. The maximum absolute atomic E-state index is 5.98. The molecule has 2 heterocycles. The topological polar surface area (TPSA) is 45.4 Å². The molecular weight excluding hydrogens is 212 g/mol. The molecule has 0 amide bonds. The van der Waals surface area contributed by atoms with Gasteiger partial charge in [0.1, 0.15) is 5.82 Å². The minimum atomic E-state index is 0.115. The van der Waals surface area contributed by atoms with Gasteiger partial charge in [0, 0.05) is 38.4 Å². The van der Waals surface area contributed by atoms with E-state index in [2.05, 4.69) is 40.9 Å². The quantitative estimate of drug-likeness (QED) is 0.855. The van der Waals surface area contributed by atoms with E-state index in [1.54, 1.807) is 0 Å². The van der Waals surface area contributed by atoms with Crippen LogP contribution < -0.4 is 10.6 Å². The first-order chi connectivity index (χ1) is 8.20. The summed E-state index contributed by atoms with van der Waals surface area (Å²) in [4.78, 5) is 9.20. The number of hydrogen-bond acceptors (Lipinski definition) is 4. The molecule has 0 bridgehead atoms. The molecule has 1 aromatic heterocycles. The van der Waals surface area contributed by atoms with Crippen molar-refractivity contribution >= 4 is 5.82 Å². The first-order valence-electron chi connectivity index (χ1n) is 6.35. The van der Waals surface area contributed by atoms with Crippen molar-refractivity contribution in [2.75, 3.05) is 38.1 Å². The molecular formula is C13H22N4. The van der Waals surface area contributed by atoms with E-state index in [9.17, 15) is 0 Å². The largest absolute Gasteiger partial charge is 0.354 e. The Morgan fingerprint density at radius 1 is 1.29 bits per heavy atom. The summed E-state index contributed by atoms with van der Waals surface area (Å²) in [7, 11) is 2.16. The Kier molecular flexibility index (Phi) is 3.97. The van der Waals surface area contributed by atoms with Crippen LogP contribution in [0.3, 0.4) is 0 Å². The first kappa shape index (κ1) is 12.3. The summed E-state index contributed by atoms with van der Waals surface area (Å²) in [6.45, 7) is 6.43. The van der Waals surface area contributed by atoms with Gasteiger partial charge in [0.05, 0.1) is 0 Å². The van der Waals surface area contributed by atoms with E-state index in [1.807, 2.05) is 6.20 Å². The average molecular weight is 234 g/mol. The SMILES string of the molecule is CC[C@H](N)c1ccc(N2CCN(C)CC2)nc1. The molecule has 2 rings (SSSR count). The number of nitrogens with zero attached hydrogens (tertiary/aromatic N) is 3. The Balaban J connectivity index is 2.02. The summed E-state index contributed by atoms with van der Waals surface area (Å²) in [5.41, 5.74) is 7.11. The van der Waals surface area contributed by atoms with Crippen molar-refractivity contribution in [3.8, 4) is 0 Å². The van der Waals surface area contributed by atoms with Crippen LogP contribution >= 0.6 is 0 Å². The maximum atomic E-state index is 5.98. The summed E-state index contributed by atoms with van der Waals surface area (Å²) in [6.07, 6.45) is 2.87. The molecule has 1 fully saturated rings. The molecule has 2 N–H and O–H groups in total. The van der Waals surface area contributed by atoms with Gasteiger partial charge in [-0.2, -0.15) is 0 Å². The van der Waals surface area contributed by atoms with Crippen LogP contribution in [0.15, 0.2) is 18.3 Å². The van der Waals surface area contributed by atoms with Crippen LogP contribution in [0.2, 0.25) is 0 Å². The summed E-state index contributed by atoms with van der Waals surface area (Å²) in [5.74, 6) is 1.07. The minimum Gasteiger partial charge on any atom is -0.354 e. The Labute approximate surface area is 103 Å². The van der Waals surface area contributed by atoms with Gasteiger partial charge in [-0.05, 0) is 25.1 Å². The van der Waals surface area contributed by atoms with Gasteiger partial charge in [0.2, 0.25) is 0 Å². The molecule has 1 saturated heterocycles. The Bertz CT molecular complexity index is 341. The highest BCUT2D eigenvalue weighted by molar-refractivity contribution is 5.40. The smallest absolute Gasteiger partial charge is 0.128 e. The van der Waals surface area contributed by atoms with Gasteiger partial charge in [0.15, 0.2) is 0 Å². The summed E-state index contributed by atoms with van der Waals surface area (Å²) in [6, 6.07) is 4.31. The van der Waals surface area contributed by atoms with Crippen molar-refractivity contribution in [2.45, 2.75) is 19.4 Å². The molecule has 1 aliphatic heterocycles.